The maximum atomic E-state index is 14.3. The van der Waals surface area contributed by atoms with Gasteiger partial charge in [0, 0.05) is 12.4 Å². The summed E-state index contributed by atoms with van der Waals surface area (Å²) in [5.41, 5.74) is 2.12. The SMILES string of the molecule is CC(C)OC(=O)c1ccc([C@@H](CCC(C)(C)C)N2C(=O)C(c3cnccn3)=NC23CCC(C(C)(C)C)CC3)cc1. The minimum Gasteiger partial charge on any atom is -0.459 e. The minimum absolute atomic E-state index is 0.0862. The number of amides is 1. The van der Waals surface area contributed by atoms with Crippen molar-refractivity contribution in [2.24, 2.45) is 21.7 Å². The summed E-state index contributed by atoms with van der Waals surface area (Å²) in [4.78, 5) is 42.8. The lowest BCUT2D eigenvalue weighted by atomic mass is 9.69. The quantitative estimate of drug-likeness (QED) is 0.344. The Bertz CT molecular complexity index is 1220. The molecule has 1 saturated carbocycles. The first-order valence-corrected chi connectivity index (χ1v) is 14.7. The van der Waals surface area contributed by atoms with E-state index in [-0.39, 0.29) is 34.9 Å². The van der Waals surface area contributed by atoms with Crippen molar-refractivity contribution in [2.45, 2.75) is 112 Å². The Morgan fingerprint density at radius 3 is 2.23 bits per heavy atom. The van der Waals surface area contributed by atoms with Crippen molar-refractivity contribution >= 4 is 17.6 Å². The van der Waals surface area contributed by atoms with E-state index >= 15 is 0 Å². The van der Waals surface area contributed by atoms with Crippen LogP contribution in [0.4, 0.5) is 0 Å². The Kier molecular flexibility index (Phi) is 8.53. The molecule has 40 heavy (non-hydrogen) atoms. The van der Waals surface area contributed by atoms with E-state index in [1.165, 1.54) is 0 Å². The molecule has 0 saturated heterocycles. The molecule has 2 aromatic rings. The topological polar surface area (TPSA) is 84.8 Å². The van der Waals surface area contributed by atoms with Gasteiger partial charge in [0.2, 0.25) is 0 Å². The third-order valence-corrected chi connectivity index (χ3v) is 8.36. The fourth-order valence-electron chi connectivity index (χ4n) is 6.07. The number of esters is 1. The van der Waals surface area contributed by atoms with Crippen LogP contribution in [0, 0.1) is 16.7 Å². The van der Waals surface area contributed by atoms with Gasteiger partial charge in [0.1, 0.15) is 11.4 Å². The van der Waals surface area contributed by atoms with Gasteiger partial charge in [0.25, 0.3) is 5.91 Å². The van der Waals surface area contributed by atoms with Gasteiger partial charge >= 0.3 is 5.97 Å². The number of aromatic nitrogens is 2. The highest BCUT2D eigenvalue weighted by Gasteiger charge is 2.53. The summed E-state index contributed by atoms with van der Waals surface area (Å²) in [6.45, 7) is 17.3. The number of hydrogen-bond donors (Lipinski definition) is 0. The van der Waals surface area contributed by atoms with Crippen molar-refractivity contribution in [1.29, 1.82) is 0 Å². The lowest BCUT2D eigenvalue weighted by Crippen LogP contribution is -2.51. The zero-order valence-corrected chi connectivity index (χ0v) is 25.5. The number of carbonyl (C=O) groups is 2. The van der Waals surface area contributed by atoms with Crippen molar-refractivity contribution in [1.82, 2.24) is 14.9 Å². The molecule has 2 heterocycles. The molecule has 0 radical (unpaired) electrons. The van der Waals surface area contributed by atoms with Gasteiger partial charge in [-0.25, -0.2) is 9.79 Å². The number of nitrogens with zero attached hydrogens (tertiary/aromatic N) is 4. The summed E-state index contributed by atoms with van der Waals surface area (Å²) in [6, 6.07) is 7.40. The molecular weight excluding hydrogens is 500 g/mol. The number of carbonyl (C=O) groups excluding carboxylic acids is 2. The molecule has 0 unspecified atom stereocenters. The lowest BCUT2D eigenvalue weighted by Gasteiger charge is -2.47. The van der Waals surface area contributed by atoms with Crippen LogP contribution < -0.4 is 0 Å². The Morgan fingerprint density at radius 2 is 1.70 bits per heavy atom. The first-order valence-electron chi connectivity index (χ1n) is 14.7. The zero-order chi connectivity index (χ0) is 29.3. The Hall–Kier alpha value is -3.09. The van der Waals surface area contributed by atoms with E-state index in [2.05, 4.69) is 56.4 Å². The Morgan fingerprint density at radius 1 is 1.05 bits per heavy atom. The summed E-state index contributed by atoms with van der Waals surface area (Å²) in [5.74, 6) is 0.150. The largest absolute Gasteiger partial charge is 0.459 e. The van der Waals surface area contributed by atoms with Gasteiger partial charge in [0.05, 0.1) is 23.9 Å². The monoisotopic (exact) mass is 546 g/mol. The highest BCUT2D eigenvalue weighted by molar-refractivity contribution is 6.46. The second kappa shape index (κ2) is 11.4. The summed E-state index contributed by atoms with van der Waals surface area (Å²) in [6.07, 6.45) is 10.0. The Labute approximate surface area is 239 Å². The number of benzene rings is 1. The molecule has 2 aliphatic rings. The molecule has 1 atom stereocenters. The van der Waals surface area contributed by atoms with E-state index in [1.807, 2.05) is 38.1 Å². The van der Waals surface area contributed by atoms with E-state index in [0.717, 1.165) is 44.1 Å². The molecule has 1 aliphatic carbocycles. The predicted octanol–water partition coefficient (Wildman–Crippen LogP) is 7.17. The molecule has 4 rings (SSSR count). The molecule has 1 amide bonds. The van der Waals surface area contributed by atoms with Crippen LogP contribution >= 0.6 is 0 Å². The van der Waals surface area contributed by atoms with Crippen LogP contribution in [-0.2, 0) is 9.53 Å². The molecule has 1 fully saturated rings. The van der Waals surface area contributed by atoms with Crippen molar-refractivity contribution in [3.8, 4) is 0 Å². The number of hydrogen-bond acceptors (Lipinski definition) is 6. The first kappa shape index (κ1) is 29.9. The average molecular weight is 547 g/mol. The molecular formula is C33H46N4O3. The van der Waals surface area contributed by atoms with Crippen LogP contribution in [0.15, 0.2) is 47.8 Å². The van der Waals surface area contributed by atoms with E-state index in [1.54, 1.807) is 18.6 Å². The van der Waals surface area contributed by atoms with E-state index in [4.69, 9.17) is 9.73 Å². The molecule has 1 spiro atoms. The summed E-state index contributed by atoms with van der Waals surface area (Å²) < 4.78 is 5.40. The fraction of sp³-hybridized carbons (Fsp3) is 0.606. The van der Waals surface area contributed by atoms with Crippen molar-refractivity contribution in [2.75, 3.05) is 0 Å². The highest BCUT2D eigenvalue weighted by atomic mass is 16.5. The highest BCUT2D eigenvalue weighted by Crippen LogP contribution is 2.50. The molecule has 7 heteroatoms. The smallest absolute Gasteiger partial charge is 0.338 e. The van der Waals surface area contributed by atoms with Crippen molar-refractivity contribution in [3.05, 3.63) is 59.7 Å². The zero-order valence-electron chi connectivity index (χ0n) is 25.5. The molecule has 1 aliphatic heterocycles. The second-order valence-corrected chi connectivity index (χ2v) is 14.0. The third-order valence-electron chi connectivity index (χ3n) is 8.36. The number of rotatable bonds is 7. The van der Waals surface area contributed by atoms with E-state index < -0.39 is 5.66 Å². The Balaban J connectivity index is 1.75. The molecule has 0 bridgehead atoms. The van der Waals surface area contributed by atoms with Crippen molar-refractivity contribution in [3.63, 3.8) is 0 Å². The summed E-state index contributed by atoms with van der Waals surface area (Å²) in [7, 11) is 0. The first-order chi connectivity index (χ1) is 18.7. The standard InChI is InChI=1S/C33H46N4O3/c1-22(2)40-30(39)24-11-9-23(10-12-24)27(15-16-31(3,4)5)37-29(38)28(26-21-34-19-20-35-26)36-33(37)17-13-25(14-18-33)32(6,7)8/h9-12,19-22,25,27H,13-18H2,1-8H3/t25?,27-,33?/m1/s1. The second-order valence-electron chi connectivity index (χ2n) is 14.0. The maximum absolute atomic E-state index is 14.3. The van der Waals surface area contributed by atoms with Gasteiger partial charge < -0.3 is 9.64 Å². The third kappa shape index (κ3) is 6.61. The van der Waals surface area contributed by atoms with Gasteiger partial charge in [-0.15, -0.1) is 0 Å². The van der Waals surface area contributed by atoms with E-state index in [0.29, 0.717) is 22.9 Å². The normalized spacial score (nSPS) is 22.5. The molecule has 216 valence electrons. The van der Waals surface area contributed by atoms with Crippen LogP contribution in [0.3, 0.4) is 0 Å². The lowest BCUT2D eigenvalue weighted by molar-refractivity contribution is -0.134. The van der Waals surface area contributed by atoms with Crippen LogP contribution in [0.1, 0.15) is 122 Å². The average Bonchev–Trinajstić information content (AvgIpc) is 3.15. The fourth-order valence-corrected chi connectivity index (χ4v) is 6.07. The minimum atomic E-state index is -0.622. The predicted molar refractivity (Wildman–Crippen MR) is 158 cm³/mol. The summed E-state index contributed by atoms with van der Waals surface area (Å²) >= 11 is 0. The van der Waals surface area contributed by atoms with Crippen molar-refractivity contribution < 1.29 is 14.3 Å². The van der Waals surface area contributed by atoms with Crippen LogP contribution in [0.2, 0.25) is 0 Å². The number of ether oxygens (including phenoxy) is 1. The van der Waals surface area contributed by atoms with Crippen LogP contribution in [0.25, 0.3) is 0 Å². The number of aliphatic imine (C=N–C) groups is 1. The molecule has 0 N–H and O–H groups in total. The van der Waals surface area contributed by atoms with Gasteiger partial charge in [-0.2, -0.15) is 0 Å². The van der Waals surface area contributed by atoms with E-state index in [9.17, 15) is 9.59 Å². The van der Waals surface area contributed by atoms with Gasteiger partial charge in [-0.3, -0.25) is 14.8 Å². The molecule has 1 aromatic carbocycles. The van der Waals surface area contributed by atoms with Gasteiger partial charge in [-0.1, -0.05) is 53.7 Å². The van der Waals surface area contributed by atoms with Gasteiger partial charge in [0.15, 0.2) is 5.71 Å². The summed E-state index contributed by atoms with van der Waals surface area (Å²) in [5, 5.41) is 0. The molecule has 1 aromatic heterocycles. The van der Waals surface area contributed by atoms with Gasteiger partial charge in [-0.05, 0) is 86.8 Å². The molecule has 7 nitrogen and oxygen atoms in total. The van der Waals surface area contributed by atoms with Crippen LogP contribution in [0.5, 0.6) is 0 Å². The van der Waals surface area contributed by atoms with Crippen LogP contribution in [-0.4, -0.2) is 44.2 Å². The maximum Gasteiger partial charge on any atom is 0.338 e.